The Morgan fingerprint density at radius 2 is 1.76 bits per heavy atom. The van der Waals surface area contributed by atoms with Gasteiger partial charge in [0.15, 0.2) is 0 Å². The van der Waals surface area contributed by atoms with Crippen molar-refractivity contribution >= 4 is 5.69 Å². The summed E-state index contributed by atoms with van der Waals surface area (Å²) in [5, 5.41) is 0. The standard InChI is InChI=1S/C23H31NO/c1-3-24(22-11-7-8-19(2)18-22)16-17-25-23-14-12-21(13-15-23)20-9-5-4-6-10-20/h7-8,11-15,18,20H,3-6,9-10,16-17H2,1-2H3. The molecule has 1 saturated carbocycles. The van der Waals surface area contributed by atoms with Gasteiger partial charge in [0.1, 0.15) is 12.4 Å². The molecule has 2 aromatic rings. The summed E-state index contributed by atoms with van der Waals surface area (Å²) >= 11 is 0. The molecule has 0 spiro atoms. The van der Waals surface area contributed by atoms with Crippen LogP contribution in [-0.4, -0.2) is 19.7 Å². The molecule has 0 amide bonds. The van der Waals surface area contributed by atoms with E-state index >= 15 is 0 Å². The Balaban J connectivity index is 1.51. The number of likely N-dealkylation sites (N-methyl/N-ethyl adjacent to an activating group) is 1. The van der Waals surface area contributed by atoms with Crippen LogP contribution in [-0.2, 0) is 0 Å². The molecule has 1 fully saturated rings. The van der Waals surface area contributed by atoms with Gasteiger partial charge >= 0.3 is 0 Å². The van der Waals surface area contributed by atoms with E-state index in [-0.39, 0.29) is 0 Å². The molecular weight excluding hydrogens is 306 g/mol. The summed E-state index contributed by atoms with van der Waals surface area (Å²) in [6, 6.07) is 17.5. The van der Waals surface area contributed by atoms with E-state index < -0.39 is 0 Å². The minimum absolute atomic E-state index is 0.713. The van der Waals surface area contributed by atoms with Crippen molar-refractivity contribution in [1.29, 1.82) is 0 Å². The van der Waals surface area contributed by atoms with E-state index in [1.54, 1.807) is 0 Å². The fourth-order valence-corrected chi connectivity index (χ4v) is 3.84. The van der Waals surface area contributed by atoms with Crippen LogP contribution < -0.4 is 9.64 Å². The van der Waals surface area contributed by atoms with Crippen molar-refractivity contribution in [3.8, 4) is 5.75 Å². The van der Waals surface area contributed by atoms with Crippen molar-refractivity contribution in [2.45, 2.75) is 51.9 Å². The molecule has 0 saturated heterocycles. The Labute approximate surface area is 152 Å². The van der Waals surface area contributed by atoms with Crippen LogP contribution in [0.5, 0.6) is 5.75 Å². The monoisotopic (exact) mass is 337 g/mol. The maximum absolute atomic E-state index is 5.99. The Morgan fingerprint density at radius 1 is 1.00 bits per heavy atom. The Bertz CT molecular complexity index is 643. The molecular formula is C23H31NO. The van der Waals surface area contributed by atoms with Gasteiger partial charge in [-0.3, -0.25) is 0 Å². The number of hydrogen-bond acceptors (Lipinski definition) is 2. The van der Waals surface area contributed by atoms with Gasteiger partial charge in [-0.15, -0.1) is 0 Å². The van der Waals surface area contributed by atoms with Crippen LogP contribution in [0.3, 0.4) is 0 Å². The molecule has 0 aliphatic heterocycles. The van der Waals surface area contributed by atoms with Gasteiger partial charge in [-0.05, 0) is 68.0 Å². The highest BCUT2D eigenvalue weighted by Crippen LogP contribution is 2.33. The second kappa shape index (κ2) is 8.94. The van der Waals surface area contributed by atoms with Crippen molar-refractivity contribution < 1.29 is 4.74 Å². The summed E-state index contributed by atoms with van der Waals surface area (Å²) < 4.78 is 5.99. The lowest BCUT2D eigenvalue weighted by molar-refractivity contribution is 0.324. The number of nitrogens with zero attached hydrogens (tertiary/aromatic N) is 1. The van der Waals surface area contributed by atoms with Gasteiger partial charge in [-0.25, -0.2) is 0 Å². The first kappa shape index (κ1) is 17.8. The van der Waals surface area contributed by atoms with Crippen molar-refractivity contribution in [3.05, 3.63) is 59.7 Å². The third kappa shape index (κ3) is 5.01. The van der Waals surface area contributed by atoms with E-state index in [4.69, 9.17) is 4.74 Å². The van der Waals surface area contributed by atoms with E-state index in [1.807, 2.05) is 0 Å². The van der Waals surface area contributed by atoms with Crippen LogP contribution in [0.15, 0.2) is 48.5 Å². The third-order valence-electron chi connectivity index (χ3n) is 5.34. The summed E-state index contributed by atoms with van der Waals surface area (Å²) in [5.74, 6) is 1.75. The predicted molar refractivity (Wildman–Crippen MR) is 107 cm³/mol. The fourth-order valence-electron chi connectivity index (χ4n) is 3.84. The lowest BCUT2D eigenvalue weighted by Gasteiger charge is -2.24. The van der Waals surface area contributed by atoms with Crippen molar-refractivity contribution in [2.75, 3.05) is 24.6 Å². The third-order valence-corrected chi connectivity index (χ3v) is 5.34. The number of anilines is 1. The summed E-state index contributed by atoms with van der Waals surface area (Å²) in [6.07, 6.45) is 6.88. The molecule has 3 rings (SSSR count). The first-order valence-electron chi connectivity index (χ1n) is 9.80. The van der Waals surface area contributed by atoms with Crippen LogP contribution >= 0.6 is 0 Å². The Hall–Kier alpha value is -1.96. The molecule has 2 heteroatoms. The highest BCUT2D eigenvalue weighted by molar-refractivity contribution is 5.48. The Morgan fingerprint density at radius 3 is 2.44 bits per heavy atom. The lowest BCUT2D eigenvalue weighted by atomic mass is 9.84. The first-order valence-corrected chi connectivity index (χ1v) is 9.80. The van der Waals surface area contributed by atoms with Gasteiger partial charge in [0, 0.05) is 12.2 Å². The summed E-state index contributed by atoms with van der Waals surface area (Å²) in [4.78, 5) is 2.36. The molecule has 0 heterocycles. The van der Waals surface area contributed by atoms with Crippen molar-refractivity contribution in [2.24, 2.45) is 0 Å². The summed E-state index contributed by atoms with van der Waals surface area (Å²) in [7, 11) is 0. The molecule has 0 radical (unpaired) electrons. The fraction of sp³-hybridized carbons (Fsp3) is 0.478. The van der Waals surface area contributed by atoms with Crippen LogP contribution in [0.4, 0.5) is 5.69 Å². The van der Waals surface area contributed by atoms with Gasteiger partial charge in [0.25, 0.3) is 0 Å². The minimum Gasteiger partial charge on any atom is -0.492 e. The maximum atomic E-state index is 5.99. The smallest absolute Gasteiger partial charge is 0.119 e. The normalized spacial score (nSPS) is 15.1. The van der Waals surface area contributed by atoms with E-state index in [0.29, 0.717) is 6.61 Å². The molecule has 2 nitrogen and oxygen atoms in total. The zero-order valence-corrected chi connectivity index (χ0v) is 15.7. The average molecular weight is 338 g/mol. The highest BCUT2D eigenvalue weighted by atomic mass is 16.5. The van der Waals surface area contributed by atoms with Crippen LogP contribution in [0.2, 0.25) is 0 Å². The molecule has 25 heavy (non-hydrogen) atoms. The van der Waals surface area contributed by atoms with E-state index in [0.717, 1.165) is 24.8 Å². The van der Waals surface area contributed by atoms with Gasteiger partial charge in [-0.1, -0.05) is 43.5 Å². The van der Waals surface area contributed by atoms with Crippen LogP contribution in [0.1, 0.15) is 56.1 Å². The van der Waals surface area contributed by atoms with Gasteiger partial charge < -0.3 is 9.64 Å². The van der Waals surface area contributed by atoms with E-state index in [9.17, 15) is 0 Å². The zero-order valence-electron chi connectivity index (χ0n) is 15.7. The number of hydrogen-bond donors (Lipinski definition) is 0. The molecule has 1 aliphatic rings. The summed E-state index contributed by atoms with van der Waals surface area (Å²) in [6.45, 7) is 6.95. The number of aryl methyl sites for hydroxylation is 1. The largest absolute Gasteiger partial charge is 0.492 e. The summed E-state index contributed by atoms with van der Waals surface area (Å²) in [5.41, 5.74) is 4.07. The maximum Gasteiger partial charge on any atom is 0.119 e. The van der Waals surface area contributed by atoms with Gasteiger partial charge in [-0.2, -0.15) is 0 Å². The molecule has 1 aliphatic carbocycles. The topological polar surface area (TPSA) is 12.5 Å². The average Bonchev–Trinajstić information content (AvgIpc) is 2.66. The SMILES string of the molecule is CCN(CCOc1ccc(C2CCCCC2)cc1)c1cccc(C)c1. The number of benzene rings is 2. The molecule has 0 aromatic heterocycles. The molecule has 0 atom stereocenters. The molecule has 0 unspecified atom stereocenters. The van der Waals surface area contributed by atoms with Gasteiger partial charge in [0.05, 0.1) is 6.54 Å². The highest BCUT2D eigenvalue weighted by Gasteiger charge is 2.15. The zero-order chi connectivity index (χ0) is 17.5. The quantitative estimate of drug-likeness (QED) is 0.619. The number of ether oxygens (including phenoxy) is 1. The van der Waals surface area contributed by atoms with Crippen LogP contribution in [0.25, 0.3) is 0 Å². The van der Waals surface area contributed by atoms with E-state index in [1.165, 1.54) is 48.9 Å². The minimum atomic E-state index is 0.713. The molecule has 0 bridgehead atoms. The second-order valence-electron chi connectivity index (χ2n) is 7.17. The molecule has 2 aromatic carbocycles. The Kier molecular flexibility index (Phi) is 6.38. The predicted octanol–water partition coefficient (Wildman–Crippen LogP) is 5.95. The van der Waals surface area contributed by atoms with Gasteiger partial charge in [0.2, 0.25) is 0 Å². The molecule has 0 N–H and O–H groups in total. The van der Waals surface area contributed by atoms with E-state index in [2.05, 4.69) is 67.3 Å². The first-order chi connectivity index (χ1) is 12.3. The number of rotatable bonds is 7. The second-order valence-corrected chi connectivity index (χ2v) is 7.17. The van der Waals surface area contributed by atoms with Crippen molar-refractivity contribution in [3.63, 3.8) is 0 Å². The molecule has 134 valence electrons. The lowest BCUT2D eigenvalue weighted by Crippen LogP contribution is -2.28. The van der Waals surface area contributed by atoms with Crippen LogP contribution in [0, 0.1) is 6.92 Å². The van der Waals surface area contributed by atoms with Crippen molar-refractivity contribution in [1.82, 2.24) is 0 Å².